The first kappa shape index (κ1) is 21.0. The molecule has 2 aromatic rings. The average Bonchev–Trinajstić information content (AvgIpc) is 2.61. The van der Waals surface area contributed by atoms with Crippen LogP contribution in [0.25, 0.3) is 0 Å². The first-order chi connectivity index (χ1) is 11.7. The molecule has 0 spiro atoms. The predicted octanol–water partition coefficient (Wildman–Crippen LogP) is 3.30. The Morgan fingerprint density at radius 1 is 1.04 bits per heavy atom. The van der Waals surface area contributed by atoms with E-state index in [2.05, 4.69) is 22.5 Å². The summed E-state index contributed by atoms with van der Waals surface area (Å²) < 4.78 is 0. The monoisotopic (exact) mass is 452 g/mol. The highest BCUT2D eigenvalue weighted by atomic mass is 127. The van der Waals surface area contributed by atoms with Crippen LogP contribution in [0.3, 0.4) is 0 Å². The molecule has 0 saturated heterocycles. The lowest BCUT2D eigenvalue weighted by Gasteiger charge is -2.07. The van der Waals surface area contributed by atoms with Gasteiger partial charge >= 0.3 is 0 Å². The Bertz CT molecular complexity index is 672. The van der Waals surface area contributed by atoms with Gasteiger partial charge < -0.3 is 16.4 Å². The van der Waals surface area contributed by atoms with Gasteiger partial charge in [0.25, 0.3) is 0 Å². The van der Waals surface area contributed by atoms with Gasteiger partial charge in [0.1, 0.15) is 0 Å². The van der Waals surface area contributed by atoms with Crippen molar-refractivity contribution in [2.75, 3.05) is 11.9 Å². The van der Waals surface area contributed by atoms with E-state index in [0.717, 1.165) is 17.7 Å². The van der Waals surface area contributed by atoms with Gasteiger partial charge in [-0.3, -0.25) is 9.79 Å². The Morgan fingerprint density at radius 2 is 1.72 bits per heavy atom. The second-order valence-corrected chi connectivity index (χ2v) is 5.45. The maximum absolute atomic E-state index is 11.8. The van der Waals surface area contributed by atoms with Crippen LogP contribution >= 0.6 is 24.0 Å². The predicted molar refractivity (Wildman–Crippen MR) is 114 cm³/mol. The fraction of sp³-hybridized carbons (Fsp3) is 0.263. The first-order valence-electron chi connectivity index (χ1n) is 8.14. The lowest BCUT2D eigenvalue weighted by atomic mass is 10.1. The molecule has 2 aromatic carbocycles. The van der Waals surface area contributed by atoms with E-state index in [1.54, 1.807) is 0 Å². The van der Waals surface area contributed by atoms with Gasteiger partial charge in [-0.05, 0) is 29.7 Å². The fourth-order valence-corrected chi connectivity index (χ4v) is 2.17. The van der Waals surface area contributed by atoms with Crippen molar-refractivity contribution in [3.63, 3.8) is 0 Å². The summed E-state index contributed by atoms with van der Waals surface area (Å²) in [6.07, 6.45) is 1.31. The lowest BCUT2D eigenvalue weighted by molar-refractivity contribution is -0.121. The molecule has 134 valence electrons. The van der Waals surface area contributed by atoms with Crippen molar-refractivity contribution in [3.05, 3.63) is 65.7 Å². The van der Waals surface area contributed by atoms with E-state index in [9.17, 15) is 4.79 Å². The number of anilines is 1. The van der Waals surface area contributed by atoms with Crippen molar-refractivity contribution in [3.8, 4) is 0 Å². The van der Waals surface area contributed by atoms with Crippen molar-refractivity contribution in [2.45, 2.75) is 26.3 Å². The summed E-state index contributed by atoms with van der Waals surface area (Å²) in [6, 6.07) is 17.8. The number of nitrogens with one attached hydrogen (secondary N) is 2. The molecule has 0 atom stereocenters. The Hall–Kier alpha value is -2.09. The number of nitrogens with two attached hydrogens (primary N) is 1. The van der Waals surface area contributed by atoms with Crippen LogP contribution in [0.4, 0.5) is 5.69 Å². The molecule has 0 saturated carbocycles. The van der Waals surface area contributed by atoms with Crippen LogP contribution in [0.1, 0.15) is 24.5 Å². The summed E-state index contributed by atoms with van der Waals surface area (Å²) in [4.78, 5) is 16.0. The summed E-state index contributed by atoms with van der Waals surface area (Å²) >= 11 is 0. The summed E-state index contributed by atoms with van der Waals surface area (Å²) in [6.45, 7) is 2.99. The molecule has 0 bridgehead atoms. The quantitative estimate of drug-likeness (QED) is 0.343. The van der Waals surface area contributed by atoms with Crippen LogP contribution in [0, 0.1) is 0 Å². The number of carbonyl (C=O) groups excluding carboxylic acids is 1. The number of amides is 1. The topological polar surface area (TPSA) is 79.5 Å². The molecule has 4 N–H and O–H groups in total. The van der Waals surface area contributed by atoms with Crippen molar-refractivity contribution < 1.29 is 4.79 Å². The Morgan fingerprint density at radius 3 is 2.36 bits per heavy atom. The number of hydrogen-bond acceptors (Lipinski definition) is 2. The number of carbonyl (C=O) groups is 1. The van der Waals surface area contributed by atoms with Crippen molar-refractivity contribution in [2.24, 2.45) is 10.7 Å². The largest absolute Gasteiger partial charge is 0.370 e. The number of halogens is 1. The molecule has 25 heavy (non-hydrogen) atoms. The number of benzene rings is 2. The summed E-state index contributed by atoms with van der Waals surface area (Å²) in [5.74, 6) is 0.276. The van der Waals surface area contributed by atoms with Gasteiger partial charge in [-0.1, -0.05) is 49.4 Å². The fourth-order valence-electron chi connectivity index (χ4n) is 2.17. The molecule has 0 aliphatic rings. The van der Waals surface area contributed by atoms with E-state index in [1.807, 2.05) is 54.6 Å². The minimum atomic E-state index is -0.0392. The molecule has 2 rings (SSSR count). The van der Waals surface area contributed by atoms with Crippen molar-refractivity contribution in [1.82, 2.24) is 5.32 Å². The van der Waals surface area contributed by atoms with E-state index in [4.69, 9.17) is 5.73 Å². The number of aryl methyl sites for hydroxylation is 1. The third-order valence-corrected chi connectivity index (χ3v) is 3.59. The molecular formula is C19H25IN4O. The van der Waals surface area contributed by atoms with Gasteiger partial charge in [0.05, 0.1) is 6.54 Å². The highest BCUT2D eigenvalue weighted by Crippen LogP contribution is 2.09. The molecule has 0 unspecified atom stereocenters. The van der Waals surface area contributed by atoms with E-state index in [-0.39, 0.29) is 29.9 Å². The van der Waals surface area contributed by atoms with E-state index in [0.29, 0.717) is 25.5 Å². The average molecular weight is 452 g/mol. The van der Waals surface area contributed by atoms with Gasteiger partial charge in [0.15, 0.2) is 5.96 Å². The van der Waals surface area contributed by atoms with Crippen LogP contribution in [0.5, 0.6) is 0 Å². The molecule has 0 fully saturated rings. The maximum atomic E-state index is 11.8. The van der Waals surface area contributed by atoms with Crippen LogP contribution in [-0.2, 0) is 17.8 Å². The lowest BCUT2D eigenvalue weighted by Crippen LogP contribution is -2.25. The van der Waals surface area contributed by atoms with Crippen molar-refractivity contribution >= 4 is 41.5 Å². The van der Waals surface area contributed by atoms with E-state index < -0.39 is 0 Å². The minimum Gasteiger partial charge on any atom is -0.370 e. The number of nitrogens with zero attached hydrogens (tertiary/aromatic N) is 1. The Balaban J connectivity index is 0.00000312. The standard InChI is InChI=1S/C19H24N4O.HI/c1-2-15-8-10-17(11-9-15)23-19(20)21-13-12-18(24)22-14-16-6-4-3-5-7-16;/h3-11H,2,12-14H2,1H3,(H,22,24)(H3,20,21,23);1H. The third-order valence-electron chi connectivity index (χ3n) is 3.59. The van der Waals surface area contributed by atoms with Gasteiger partial charge in [-0.2, -0.15) is 0 Å². The molecule has 1 amide bonds. The zero-order valence-electron chi connectivity index (χ0n) is 14.4. The SMILES string of the molecule is CCc1ccc(NC(N)=NCCC(=O)NCc2ccccc2)cc1.I. The Kier molecular flexibility index (Phi) is 9.61. The third kappa shape index (κ3) is 8.02. The minimum absolute atomic E-state index is 0. The van der Waals surface area contributed by atoms with E-state index >= 15 is 0 Å². The van der Waals surface area contributed by atoms with Gasteiger partial charge in [0, 0.05) is 18.7 Å². The summed E-state index contributed by atoms with van der Waals surface area (Å²) in [7, 11) is 0. The zero-order valence-corrected chi connectivity index (χ0v) is 16.7. The van der Waals surface area contributed by atoms with Crippen LogP contribution < -0.4 is 16.4 Å². The molecule has 0 aliphatic heterocycles. The van der Waals surface area contributed by atoms with Crippen LogP contribution in [0.15, 0.2) is 59.6 Å². The number of rotatable bonds is 7. The molecule has 0 aromatic heterocycles. The van der Waals surface area contributed by atoms with Crippen molar-refractivity contribution in [1.29, 1.82) is 0 Å². The second kappa shape index (κ2) is 11.5. The summed E-state index contributed by atoms with van der Waals surface area (Å²) in [5, 5.41) is 5.89. The second-order valence-electron chi connectivity index (χ2n) is 5.45. The van der Waals surface area contributed by atoms with Crippen LogP contribution in [-0.4, -0.2) is 18.4 Å². The van der Waals surface area contributed by atoms with Gasteiger partial charge in [-0.15, -0.1) is 24.0 Å². The molecular weight excluding hydrogens is 427 g/mol. The molecule has 0 radical (unpaired) electrons. The van der Waals surface area contributed by atoms with E-state index in [1.165, 1.54) is 5.56 Å². The number of hydrogen-bond donors (Lipinski definition) is 3. The highest BCUT2D eigenvalue weighted by molar-refractivity contribution is 14.0. The number of aliphatic imine (C=N–C) groups is 1. The van der Waals surface area contributed by atoms with Crippen LogP contribution in [0.2, 0.25) is 0 Å². The normalized spacial score (nSPS) is 10.7. The molecule has 5 nitrogen and oxygen atoms in total. The number of guanidine groups is 1. The van der Waals surface area contributed by atoms with Gasteiger partial charge in [0.2, 0.25) is 5.91 Å². The molecule has 0 heterocycles. The Labute approximate surface area is 166 Å². The maximum Gasteiger partial charge on any atom is 0.222 e. The van der Waals surface area contributed by atoms with Gasteiger partial charge in [-0.25, -0.2) is 0 Å². The smallest absolute Gasteiger partial charge is 0.222 e. The highest BCUT2D eigenvalue weighted by Gasteiger charge is 2.01. The summed E-state index contributed by atoms with van der Waals surface area (Å²) in [5.41, 5.74) is 9.07. The first-order valence-corrected chi connectivity index (χ1v) is 8.14. The molecule has 6 heteroatoms. The molecule has 0 aliphatic carbocycles. The zero-order chi connectivity index (χ0) is 17.2.